The largest absolute Gasteiger partial charge is 0.318 e. The van der Waals surface area contributed by atoms with E-state index < -0.39 is 0 Å². The number of hydrogen-bond acceptors (Lipinski definition) is 4. The fourth-order valence-corrected chi connectivity index (χ4v) is 12.6. The summed E-state index contributed by atoms with van der Waals surface area (Å²) < 4.78 is 5.33. The molecule has 0 spiro atoms. The fraction of sp³-hybridized carbons (Fsp3) is 0. The van der Waals surface area contributed by atoms with Gasteiger partial charge in [0, 0.05) is 85.8 Å². The predicted molar refractivity (Wildman–Crippen MR) is 281 cm³/mol. The minimum absolute atomic E-state index is 1.06. The van der Waals surface area contributed by atoms with Crippen LogP contribution in [0.2, 0.25) is 0 Å². The number of anilines is 5. The minimum Gasteiger partial charge on any atom is -0.318 e. The lowest BCUT2D eigenvalue weighted by Crippen LogP contribution is -2.09. The highest BCUT2D eigenvalue weighted by Crippen LogP contribution is 2.47. The second-order valence-corrected chi connectivity index (χ2v) is 18.6. The van der Waals surface area contributed by atoms with Crippen LogP contribution in [0.1, 0.15) is 0 Å². The molecule has 13 rings (SSSR count). The smallest absolute Gasteiger partial charge is 0.0468 e. The van der Waals surface area contributed by atoms with Crippen LogP contribution in [-0.2, 0) is 0 Å². The van der Waals surface area contributed by atoms with Crippen molar-refractivity contribution in [3.05, 3.63) is 225 Å². The van der Waals surface area contributed by atoms with Crippen molar-refractivity contribution in [2.24, 2.45) is 0 Å². The van der Waals surface area contributed by atoms with Gasteiger partial charge in [0.1, 0.15) is 0 Å². The molecule has 0 bridgehead atoms. The minimum atomic E-state index is 1.06. The van der Waals surface area contributed by atoms with Gasteiger partial charge in [-0.1, -0.05) is 146 Å². The average Bonchev–Trinajstić information content (AvgIpc) is 3.96. The van der Waals surface area contributed by atoms with Crippen molar-refractivity contribution < 1.29 is 0 Å². The van der Waals surface area contributed by atoms with Gasteiger partial charge in [0.25, 0.3) is 0 Å². The standard InChI is InChI=1S/C60H38N2S2/c1-2-61(43-32-34-49-53(36-43)45-16-6-8-18-47(45)57-51-20-10-12-22-55(51)63-59(49)57)40-28-24-38(25-29-40)39-26-30-42(31-27-39)62(41-14-4-3-5-15-41)44-33-35-50-54(37-44)46-17-7-9-19-48(46)58-52-21-11-13-23-56(52)64-60(50)58/h2-37H,1H2. The van der Waals surface area contributed by atoms with Crippen LogP contribution < -0.4 is 9.80 Å². The molecular weight excluding hydrogens is 813 g/mol. The molecular formula is C60H38N2S2. The summed E-state index contributed by atoms with van der Waals surface area (Å²) in [5.74, 6) is 0. The number of thiophene rings is 2. The molecule has 0 radical (unpaired) electrons. The van der Waals surface area contributed by atoms with E-state index in [-0.39, 0.29) is 0 Å². The topological polar surface area (TPSA) is 6.48 Å². The maximum atomic E-state index is 4.27. The third-order valence-electron chi connectivity index (χ3n) is 13.0. The van der Waals surface area contributed by atoms with E-state index in [1.807, 2.05) is 28.9 Å². The Morgan fingerprint density at radius 2 is 0.719 bits per heavy atom. The summed E-state index contributed by atoms with van der Waals surface area (Å²) in [6, 6.07) is 77.7. The van der Waals surface area contributed by atoms with Gasteiger partial charge < -0.3 is 9.80 Å². The fourth-order valence-electron chi connectivity index (χ4n) is 10.1. The number of para-hydroxylation sites is 1. The lowest BCUT2D eigenvalue weighted by molar-refractivity contribution is 1.29. The second kappa shape index (κ2) is 14.7. The Labute approximate surface area is 378 Å². The van der Waals surface area contributed by atoms with Gasteiger partial charge in [-0.05, 0) is 116 Å². The van der Waals surface area contributed by atoms with Gasteiger partial charge in [-0.2, -0.15) is 0 Å². The first kappa shape index (κ1) is 36.9. The molecule has 0 fully saturated rings. The summed E-state index contributed by atoms with van der Waals surface area (Å²) in [6.07, 6.45) is 1.92. The van der Waals surface area contributed by atoms with E-state index in [0.717, 1.165) is 39.6 Å². The number of rotatable bonds is 7. The van der Waals surface area contributed by atoms with Crippen molar-refractivity contribution in [1.82, 2.24) is 0 Å². The Balaban J connectivity index is 0.853. The Hall–Kier alpha value is -7.76. The van der Waals surface area contributed by atoms with Gasteiger partial charge in [-0.3, -0.25) is 0 Å². The Bertz CT molecular complexity index is 3980. The summed E-state index contributed by atoms with van der Waals surface area (Å²) in [5.41, 5.74) is 7.82. The molecule has 0 unspecified atom stereocenters. The molecule has 64 heavy (non-hydrogen) atoms. The summed E-state index contributed by atoms with van der Waals surface area (Å²) in [6.45, 7) is 4.27. The number of hydrogen-bond donors (Lipinski definition) is 0. The van der Waals surface area contributed by atoms with Crippen molar-refractivity contribution in [2.75, 3.05) is 9.80 Å². The highest BCUT2D eigenvalue weighted by molar-refractivity contribution is 7.27. The van der Waals surface area contributed by atoms with Gasteiger partial charge >= 0.3 is 0 Å². The van der Waals surface area contributed by atoms with E-state index in [4.69, 9.17) is 0 Å². The third-order valence-corrected chi connectivity index (χ3v) is 15.4. The lowest BCUT2D eigenvalue weighted by Gasteiger charge is -2.26. The molecule has 0 N–H and O–H groups in total. The van der Waals surface area contributed by atoms with E-state index >= 15 is 0 Å². The van der Waals surface area contributed by atoms with Crippen LogP contribution in [-0.4, -0.2) is 0 Å². The number of nitrogens with zero attached hydrogens (tertiary/aromatic N) is 2. The van der Waals surface area contributed by atoms with Crippen LogP contribution in [0.3, 0.4) is 0 Å². The molecule has 0 saturated heterocycles. The molecule has 0 atom stereocenters. The molecule has 0 aliphatic rings. The first-order valence-electron chi connectivity index (χ1n) is 21.7. The van der Waals surface area contributed by atoms with E-state index in [1.54, 1.807) is 0 Å². The van der Waals surface area contributed by atoms with Gasteiger partial charge in [-0.25, -0.2) is 0 Å². The molecule has 0 saturated carbocycles. The predicted octanol–water partition coefficient (Wildman–Crippen LogP) is 18.5. The molecule has 0 aliphatic heterocycles. The van der Waals surface area contributed by atoms with Crippen molar-refractivity contribution >= 4 is 135 Å². The normalized spacial score (nSPS) is 11.8. The first-order valence-corrected chi connectivity index (χ1v) is 23.3. The Morgan fingerprint density at radius 3 is 1.25 bits per heavy atom. The van der Waals surface area contributed by atoms with Crippen LogP contribution in [0.15, 0.2) is 225 Å². The van der Waals surface area contributed by atoms with Gasteiger partial charge in [0.05, 0.1) is 0 Å². The zero-order valence-corrected chi connectivity index (χ0v) is 36.3. The van der Waals surface area contributed by atoms with Gasteiger partial charge in [-0.15, -0.1) is 22.7 Å². The van der Waals surface area contributed by atoms with Gasteiger partial charge in [0.15, 0.2) is 0 Å². The Morgan fingerprint density at radius 1 is 0.312 bits per heavy atom. The molecule has 2 aromatic heterocycles. The molecule has 11 aromatic carbocycles. The van der Waals surface area contributed by atoms with Crippen LogP contribution in [0.25, 0.3) is 94.6 Å². The number of fused-ring (bicyclic) bond motifs is 16. The van der Waals surface area contributed by atoms with E-state index in [0.29, 0.717) is 0 Å². The molecule has 2 heterocycles. The molecule has 300 valence electrons. The second-order valence-electron chi connectivity index (χ2n) is 16.5. The summed E-state index contributed by atoms with van der Waals surface area (Å²) in [7, 11) is 0. The summed E-state index contributed by atoms with van der Waals surface area (Å²) in [5, 5.41) is 15.6. The highest BCUT2D eigenvalue weighted by atomic mass is 32.1. The van der Waals surface area contributed by atoms with E-state index in [1.165, 1.54) is 83.4 Å². The van der Waals surface area contributed by atoms with Crippen molar-refractivity contribution in [2.45, 2.75) is 0 Å². The van der Waals surface area contributed by atoms with Crippen molar-refractivity contribution in [1.29, 1.82) is 0 Å². The Kier molecular flexibility index (Phi) is 8.45. The maximum Gasteiger partial charge on any atom is 0.0468 e. The summed E-state index contributed by atoms with van der Waals surface area (Å²) >= 11 is 3.78. The quantitative estimate of drug-likeness (QED) is 0.147. The zero-order chi connectivity index (χ0) is 42.3. The molecule has 13 aromatic rings. The van der Waals surface area contributed by atoms with Crippen molar-refractivity contribution in [3.63, 3.8) is 0 Å². The van der Waals surface area contributed by atoms with Crippen LogP contribution in [0, 0.1) is 0 Å². The lowest BCUT2D eigenvalue weighted by atomic mass is 9.96. The van der Waals surface area contributed by atoms with E-state index in [2.05, 4.69) is 229 Å². The maximum absolute atomic E-state index is 4.27. The molecule has 2 nitrogen and oxygen atoms in total. The molecule has 4 heteroatoms. The monoisotopic (exact) mass is 850 g/mol. The number of benzene rings is 11. The first-order chi connectivity index (χ1) is 31.7. The van der Waals surface area contributed by atoms with Crippen molar-refractivity contribution in [3.8, 4) is 11.1 Å². The summed E-state index contributed by atoms with van der Waals surface area (Å²) in [4.78, 5) is 4.56. The third kappa shape index (κ3) is 5.70. The molecule has 0 aliphatic carbocycles. The SMILES string of the molecule is C=CN(c1ccc(-c2ccc(N(c3ccccc3)c3ccc4c(c3)c3ccccc3c3c5ccccc5sc43)cc2)cc1)c1ccc2c(c1)c1ccccc1c1c3ccccc3sc21. The zero-order valence-electron chi connectivity index (χ0n) is 34.7. The van der Waals surface area contributed by atoms with Gasteiger partial charge in [0.2, 0.25) is 0 Å². The van der Waals surface area contributed by atoms with E-state index in [9.17, 15) is 0 Å². The van der Waals surface area contributed by atoms with Crippen LogP contribution in [0.4, 0.5) is 28.4 Å². The average molecular weight is 851 g/mol. The molecule has 0 amide bonds. The van der Waals surface area contributed by atoms with Crippen LogP contribution in [0.5, 0.6) is 0 Å². The van der Waals surface area contributed by atoms with Crippen LogP contribution >= 0.6 is 22.7 Å². The highest BCUT2D eigenvalue weighted by Gasteiger charge is 2.19.